The second-order valence-electron chi connectivity index (χ2n) is 7.48. The second kappa shape index (κ2) is 8.87. The zero-order valence-corrected chi connectivity index (χ0v) is 17.4. The van der Waals surface area contributed by atoms with E-state index in [1.807, 2.05) is 18.2 Å². The summed E-state index contributed by atoms with van der Waals surface area (Å²) in [4.78, 5) is 0. The molecule has 0 saturated carbocycles. The van der Waals surface area contributed by atoms with Crippen molar-refractivity contribution < 1.29 is 22.3 Å². The van der Waals surface area contributed by atoms with Gasteiger partial charge in [0.2, 0.25) is 0 Å². The number of hydrogen-bond donors (Lipinski definition) is 0. The van der Waals surface area contributed by atoms with Crippen molar-refractivity contribution in [2.75, 3.05) is 7.11 Å². The molecular weight excluding hydrogens is 416 g/mol. The highest BCUT2D eigenvalue weighted by atomic mass is 19.1. The van der Waals surface area contributed by atoms with Crippen LogP contribution in [0, 0.1) is 23.3 Å². The van der Waals surface area contributed by atoms with Crippen molar-refractivity contribution in [1.82, 2.24) is 0 Å². The lowest BCUT2D eigenvalue weighted by atomic mass is 9.96. The number of fused-ring (bicyclic) bond motifs is 1. The van der Waals surface area contributed by atoms with Gasteiger partial charge in [0.05, 0.1) is 7.11 Å². The quantitative estimate of drug-likeness (QED) is 0.221. The number of ether oxygens (including phenoxy) is 1. The molecular formula is C27H20F4O. The van der Waals surface area contributed by atoms with Gasteiger partial charge in [-0.25, -0.2) is 17.6 Å². The molecule has 4 aromatic carbocycles. The summed E-state index contributed by atoms with van der Waals surface area (Å²) in [6, 6.07) is 15.0. The summed E-state index contributed by atoms with van der Waals surface area (Å²) in [5.74, 6) is -3.56. The maximum atomic E-state index is 15.2. The van der Waals surface area contributed by atoms with Gasteiger partial charge in [0.1, 0.15) is 11.6 Å². The first-order chi connectivity index (χ1) is 15.4. The average Bonchev–Trinajstić information content (AvgIpc) is 2.77. The lowest BCUT2D eigenvalue weighted by Crippen LogP contribution is -1.95. The summed E-state index contributed by atoms with van der Waals surface area (Å²) in [6.07, 6.45) is 3.49. The van der Waals surface area contributed by atoms with E-state index in [9.17, 15) is 13.2 Å². The molecule has 5 heteroatoms. The first kappa shape index (κ1) is 21.6. The highest BCUT2D eigenvalue weighted by Crippen LogP contribution is 2.34. The van der Waals surface area contributed by atoms with Crippen LogP contribution in [0.3, 0.4) is 0 Å². The van der Waals surface area contributed by atoms with E-state index in [-0.39, 0.29) is 16.7 Å². The highest BCUT2D eigenvalue weighted by Gasteiger charge is 2.16. The van der Waals surface area contributed by atoms with Gasteiger partial charge >= 0.3 is 0 Å². The largest absolute Gasteiger partial charge is 0.491 e. The van der Waals surface area contributed by atoms with E-state index in [2.05, 4.69) is 11.3 Å². The van der Waals surface area contributed by atoms with Crippen molar-refractivity contribution in [3.05, 3.63) is 102 Å². The number of halogens is 4. The van der Waals surface area contributed by atoms with Gasteiger partial charge in [-0.3, -0.25) is 0 Å². The van der Waals surface area contributed by atoms with Gasteiger partial charge in [0, 0.05) is 16.5 Å². The van der Waals surface area contributed by atoms with Crippen LogP contribution in [-0.4, -0.2) is 7.11 Å². The zero-order valence-electron chi connectivity index (χ0n) is 17.4. The summed E-state index contributed by atoms with van der Waals surface area (Å²) in [7, 11) is 1.15. The van der Waals surface area contributed by atoms with E-state index in [1.165, 1.54) is 12.1 Å². The topological polar surface area (TPSA) is 9.23 Å². The Labute approximate surface area is 183 Å². The highest BCUT2D eigenvalue weighted by molar-refractivity contribution is 5.89. The van der Waals surface area contributed by atoms with Crippen molar-refractivity contribution in [1.29, 1.82) is 0 Å². The number of aryl methyl sites for hydroxylation is 1. The van der Waals surface area contributed by atoms with Crippen molar-refractivity contribution in [2.24, 2.45) is 0 Å². The summed E-state index contributed by atoms with van der Waals surface area (Å²) < 4.78 is 62.8. The predicted molar refractivity (Wildman–Crippen MR) is 120 cm³/mol. The van der Waals surface area contributed by atoms with Gasteiger partial charge in [-0.2, -0.15) is 0 Å². The molecule has 162 valence electrons. The molecule has 0 unspecified atom stereocenters. The van der Waals surface area contributed by atoms with Crippen LogP contribution in [0.2, 0.25) is 0 Å². The van der Waals surface area contributed by atoms with E-state index >= 15 is 4.39 Å². The van der Waals surface area contributed by atoms with Crippen LogP contribution in [0.5, 0.6) is 5.75 Å². The molecule has 0 saturated heterocycles. The van der Waals surface area contributed by atoms with Gasteiger partial charge in [-0.15, -0.1) is 6.58 Å². The number of allylic oxidation sites excluding steroid dienone is 1. The maximum Gasteiger partial charge on any atom is 0.190 e. The molecule has 4 rings (SSSR count). The van der Waals surface area contributed by atoms with Crippen LogP contribution in [0.15, 0.2) is 73.3 Å². The molecule has 0 aromatic heterocycles. The van der Waals surface area contributed by atoms with E-state index in [0.29, 0.717) is 10.9 Å². The molecule has 0 spiro atoms. The first-order valence-corrected chi connectivity index (χ1v) is 10.1. The second-order valence-corrected chi connectivity index (χ2v) is 7.48. The number of hydrogen-bond acceptors (Lipinski definition) is 1. The Hall–Kier alpha value is -3.60. The Balaban J connectivity index is 1.73. The Morgan fingerprint density at radius 2 is 1.47 bits per heavy atom. The van der Waals surface area contributed by atoms with Crippen LogP contribution in [0.25, 0.3) is 33.0 Å². The maximum absolute atomic E-state index is 15.2. The fourth-order valence-corrected chi connectivity index (χ4v) is 3.82. The lowest BCUT2D eigenvalue weighted by Gasteiger charge is -2.11. The minimum absolute atomic E-state index is 0.00209. The predicted octanol–water partition coefficient (Wildman–Crippen LogP) is 7.86. The number of benzene rings is 4. The first-order valence-electron chi connectivity index (χ1n) is 10.1. The molecule has 0 N–H and O–H groups in total. The van der Waals surface area contributed by atoms with E-state index in [4.69, 9.17) is 0 Å². The molecule has 0 bridgehead atoms. The normalized spacial score (nSPS) is 11.0. The number of rotatable bonds is 6. The Kier molecular flexibility index (Phi) is 5.99. The Morgan fingerprint density at radius 1 is 0.781 bits per heavy atom. The minimum atomic E-state index is -0.931. The monoisotopic (exact) mass is 436 g/mol. The van der Waals surface area contributed by atoms with Crippen LogP contribution in [0.4, 0.5) is 17.6 Å². The Morgan fingerprint density at radius 3 is 2.12 bits per heavy atom. The van der Waals surface area contributed by atoms with E-state index in [1.54, 1.807) is 18.2 Å². The van der Waals surface area contributed by atoms with Crippen molar-refractivity contribution >= 4 is 10.8 Å². The third-order valence-corrected chi connectivity index (χ3v) is 5.45. The van der Waals surface area contributed by atoms with Crippen LogP contribution in [-0.2, 0) is 6.42 Å². The molecule has 0 aliphatic rings. The van der Waals surface area contributed by atoms with E-state index in [0.717, 1.165) is 49.1 Å². The zero-order chi connectivity index (χ0) is 22.8. The van der Waals surface area contributed by atoms with Gasteiger partial charge in [0.25, 0.3) is 0 Å². The third kappa shape index (κ3) is 3.98. The van der Waals surface area contributed by atoms with Crippen molar-refractivity contribution in [3.63, 3.8) is 0 Å². The van der Waals surface area contributed by atoms with Crippen molar-refractivity contribution in [2.45, 2.75) is 12.8 Å². The van der Waals surface area contributed by atoms with Gasteiger partial charge in [0.15, 0.2) is 17.4 Å². The van der Waals surface area contributed by atoms with Gasteiger partial charge < -0.3 is 4.74 Å². The molecule has 0 fully saturated rings. The summed E-state index contributed by atoms with van der Waals surface area (Å²) in [5.41, 5.74) is 1.68. The molecule has 0 aliphatic carbocycles. The fourth-order valence-electron chi connectivity index (χ4n) is 3.82. The molecule has 1 nitrogen and oxygen atoms in total. The summed E-state index contributed by atoms with van der Waals surface area (Å²) in [6.45, 7) is 3.71. The average molecular weight is 436 g/mol. The van der Waals surface area contributed by atoms with E-state index < -0.39 is 29.0 Å². The SMILES string of the molecule is C=CCCc1ccc2c(F)c(-c3ccc(-c4cc(F)c(OC)c(F)c4)c(F)c3)ccc2c1. The molecule has 0 atom stereocenters. The molecule has 4 aromatic rings. The third-order valence-electron chi connectivity index (χ3n) is 5.45. The van der Waals surface area contributed by atoms with Gasteiger partial charge in [-0.1, -0.05) is 48.5 Å². The molecule has 32 heavy (non-hydrogen) atoms. The smallest absolute Gasteiger partial charge is 0.190 e. The molecule has 0 aliphatic heterocycles. The van der Waals surface area contributed by atoms with Crippen LogP contribution in [0.1, 0.15) is 12.0 Å². The Bertz CT molecular complexity index is 1300. The van der Waals surface area contributed by atoms with Crippen molar-refractivity contribution in [3.8, 4) is 28.0 Å². The van der Waals surface area contributed by atoms with Gasteiger partial charge in [-0.05, 0) is 53.1 Å². The van der Waals surface area contributed by atoms with Crippen LogP contribution >= 0.6 is 0 Å². The summed E-state index contributed by atoms with van der Waals surface area (Å²) >= 11 is 0. The minimum Gasteiger partial charge on any atom is -0.491 e. The number of methoxy groups -OCH3 is 1. The summed E-state index contributed by atoms with van der Waals surface area (Å²) in [5, 5.41) is 1.20. The molecule has 0 radical (unpaired) electrons. The molecule has 0 amide bonds. The molecule has 0 heterocycles. The fraction of sp³-hybridized carbons (Fsp3) is 0.111. The lowest BCUT2D eigenvalue weighted by molar-refractivity contribution is 0.360. The standard InChI is InChI=1S/C27H20F4O/c1-3-4-5-16-6-9-21-17(12-16)8-11-22(26(21)31)18-7-10-20(23(28)13-18)19-14-24(29)27(32-2)25(30)15-19/h3,6-15H,1,4-5H2,2H3. The van der Waals surface area contributed by atoms with Crippen LogP contribution < -0.4 is 4.74 Å².